The molecule has 0 bridgehead atoms. The van der Waals surface area contributed by atoms with Crippen molar-refractivity contribution in [2.75, 3.05) is 20.6 Å². The van der Waals surface area contributed by atoms with Crippen molar-refractivity contribution in [2.45, 2.75) is 45.7 Å². The highest BCUT2D eigenvalue weighted by atomic mass is 16.6. The zero-order valence-electron chi connectivity index (χ0n) is 16.0. The number of amides is 1. The normalized spacial score (nSPS) is 16.7. The summed E-state index contributed by atoms with van der Waals surface area (Å²) in [6.45, 7) is 7.01. The van der Waals surface area contributed by atoms with Crippen LogP contribution in [0.5, 0.6) is 0 Å². The topological polar surface area (TPSA) is 32.8 Å². The van der Waals surface area contributed by atoms with Crippen LogP contribution in [0.15, 0.2) is 53.8 Å². The Morgan fingerprint density at radius 1 is 1.16 bits per heavy atom. The van der Waals surface area contributed by atoms with Crippen molar-refractivity contribution in [3.05, 3.63) is 59.4 Å². The van der Waals surface area contributed by atoms with Crippen molar-refractivity contribution in [1.29, 1.82) is 0 Å². The first kappa shape index (κ1) is 19.3. The number of benzene rings is 1. The van der Waals surface area contributed by atoms with Gasteiger partial charge in [0.05, 0.1) is 0 Å². The molecule has 0 aromatic heterocycles. The quantitative estimate of drug-likeness (QED) is 0.747. The van der Waals surface area contributed by atoms with E-state index in [2.05, 4.69) is 50.1 Å². The van der Waals surface area contributed by atoms with Gasteiger partial charge in [0.2, 0.25) is 0 Å². The Balaban J connectivity index is 2.06. The monoisotopic (exact) mass is 342 g/mol. The number of rotatable bonds is 6. The smallest absolute Gasteiger partial charge is 0.411 e. The third-order valence-corrected chi connectivity index (χ3v) is 5.14. The van der Waals surface area contributed by atoms with E-state index in [1.807, 2.05) is 25.1 Å². The van der Waals surface area contributed by atoms with Crippen LogP contribution in [0.25, 0.3) is 0 Å². The molecule has 25 heavy (non-hydrogen) atoms. The molecule has 1 aliphatic rings. The van der Waals surface area contributed by atoms with Gasteiger partial charge < -0.3 is 9.64 Å². The van der Waals surface area contributed by atoms with Crippen LogP contribution in [0, 0.1) is 0 Å². The number of carbonyl (C=O) groups is 1. The minimum absolute atomic E-state index is 0.279. The molecule has 0 spiro atoms. The van der Waals surface area contributed by atoms with Gasteiger partial charge in [-0.05, 0) is 63.9 Å². The molecular formula is C21H30N2O2. The molecule has 0 unspecified atom stereocenters. The summed E-state index contributed by atoms with van der Waals surface area (Å²) in [6.07, 6.45) is 5.63. The fraction of sp³-hybridized carbons (Fsp3) is 0.476. The van der Waals surface area contributed by atoms with Crippen molar-refractivity contribution in [3.63, 3.8) is 0 Å². The summed E-state index contributed by atoms with van der Waals surface area (Å²) < 4.78 is 5.50. The van der Waals surface area contributed by atoms with E-state index >= 15 is 0 Å². The number of hydrogen-bond donors (Lipinski definition) is 0. The molecule has 0 saturated heterocycles. The maximum atomic E-state index is 12.0. The number of hydrogen-bond acceptors (Lipinski definition) is 3. The zero-order chi connectivity index (χ0) is 18.4. The number of allylic oxidation sites excluding steroid dienone is 2. The summed E-state index contributed by atoms with van der Waals surface area (Å²) in [5.41, 5.74) is 2.61. The summed E-state index contributed by atoms with van der Waals surface area (Å²) in [4.78, 5) is 15.9. The van der Waals surface area contributed by atoms with Gasteiger partial charge in [-0.3, -0.25) is 4.90 Å². The minimum atomic E-state index is -0.301. The molecule has 4 heteroatoms. The molecule has 136 valence electrons. The molecule has 1 amide bonds. The fourth-order valence-electron chi connectivity index (χ4n) is 2.97. The minimum Gasteiger partial charge on any atom is -0.411 e. The van der Waals surface area contributed by atoms with Crippen molar-refractivity contribution in [1.82, 2.24) is 9.80 Å². The first-order chi connectivity index (χ1) is 11.9. The molecule has 0 heterocycles. The fourth-order valence-corrected chi connectivity index (χ4v) is 2.97. The maximum Gasteiger partial charge on any atom is 0.414 e. The van der Waals surface area contributed by atoms with Gasteiger partial charge in [0.25, 0.3) is 0 Å². The molecule has 0 N–H and O–H groups in total. The lowest BCUT2D eigenvalue weighted by molar-refractivity contribution is 0.142. The Bertz CT molecular complexity index is 637. The van der Waals surface area contributed by atoms with Crippen LogP contribution in [0.1, 0.15) is 45.2 Å². The highest BCUT2D eigenvalue weighted by molar-refractivity contribution is 5.69. The third kappa shape index (κ3) is 4.95. The highest BCUT2D eigenvalue weighted by Gasteiger charge is 2.22. The lowest BCUT2D eigenvalue weighted by atomic mass is 9.95. The molecule has 1 aliphatic carbocycles. The second-order valence-electron chi connectivity index (χ2n) is 6.67. The molecule has 0 fully saturated rings. The van der Waals surface area contributed by atoms with Crippen LogP contribution in [0.2, 0.25) is 0 Å². The van der Waals surface area contributed by atoms with Gasteiger partial charge in [0.15, 0.2) is 0 Å². The lowest BCUT2D eigenvalue weighted by Crippen LogP contribution is -2.34. The first-order valence-corrected chi connectivity index (χ1v) is 9.04. The third-order valence-electron chi connectivity index (χ3n) is 5.14. The van der Waals surface area contributed by atoms with Gasteiger partial charge in [-0.15, -0.1) is 0 Å². The molecule has 2 atom stereocenters. The maximum absolute atomic E-state index is 12.0. The first-order valence-electron chi connectivity index (χ1n) is 9.04. The van der Waals surface area contributed by atoms with E-state index in [-0.39, 0.29) is 12.1 Å². The van der Waals surface area contributed by atoms with Gasteiger partial charge in [-0.25, -0.2) is 4.79 Å². The van der Waals surface area contributed by atoms with E-state index < -0.39 is 0 Å². The number of likely N-dealkylation sites (N-methyl/N-ethyl adjacent to an activating group) is 1. The Morgan fingerprint density at radius 2 is 1.84 bits per heavy atom. The van der Waals surface area contributed by atoms with Crippen LogP contribution in [0.3, 0.4) is 0 Å². The molecule has 0 saturated carbocycles. The summed E-state index contributed by atoms with van der Waals surface area (Å²) >= 11 is 0. The van der Waals surface area contributed by atoms with Crippen LogP contribution < -0.4 is 0 Å². The molecule has 4 nitrogen and oxygen atoms in total. The van der Waals surface area contributed by atoms with Crippen molar-refractivity contribution >= 4 is 6.09 Å². The van der Waals surface area contributed by atoms with E-state index in [1.165, 1.54) is 11.1 Å². The van der Waals surface area contributed by atoms with Gasteiger partial charge in [-0.1, -0.05) is 30.3 Å². The second kappa shape index (κ2) is 8.86. The average molecular weight is 342 g/mol. The Morgan fingerprint density at radius 3 is 2.48 bits per heavy atom. The van der Waals surface area contributed by atoms with E-state index in [0.29, 0.717) is 18.3 Å². The van der Waals surface area contributed by atoms with Gasteiger partial charge in [0, 0.05) is 25.7 Å². The molecule has 1 aromatic rings. The molecule has 2 rings (SSSR count). The van der Waals surface area contributed by atoms with E-state index in [0.717, 1.165) is 12.8 Å². The Kier molecular flexibility index (Phi) is 6.82. The van der Waals surface area contributed by atoms with Crippen LogP contribution in [0.4, 0.5) is 4.79 Å². The van der Waals surface area contributed by atoms with E-state index in [4.69, 9.17) is 4.74 Å². The molecule has 0 radical (unpaired) electrons. The van der Waals surface area contributed by atoms with Crippen molar-refractivity contribution < 1.29 is 9.53 Å². The van der Waals surface area contributed by atoms with Gasteiger partial charge in [0.1, 0.15) is 5.76 Å². The summed E-state index contributed by atoms with van der Waals surface area (Å²) in [6, 6.07) is 11.1. The van der Waals surface area contributed by atoms with Crippen LogP contribution in [-0.2, 0) is 4.74 Å². The Labute approximate surface area is 151 Å². The average Bonchev–Trinajstić information content (AvgIpc) is 2.66. The molecular weight excluding hydrogens is 312 g/mol. The van der Waals surface area contributed by atoms with Gasteiger partial charge in [-0.2, -0.15) is 0 Å². The summed E-state index contributed by atoms with van der Waals surface area (Å²) in [7, 11) is 3.90. The zero-order valence-corrected chi connectivity index (χ0v) is 16.0. The predicted molar refractivity (Wildman–Crippen MR) is 102 cm³/mol. The van der Waals surface area contributed by atoms with E-state index in [1.54, 1.807) is 11.9 Å². The summed E-state index contributed by atoms with van der Waals surface area (Å²) in [5, 5.41) is 0. The number of carbonyl (C=O) groups excluding carboxylic acids is 1. The van der Waals surface area contributed by atoms with E-state index in [9.17, 15) is 4.79 Å². The van der Waals surface area contributed by atoms with Gasteiger partial charge >= 0.3 is 6.09 Å². The van der Waals surface area contributed by atoms with Crippen LogP contribution in [-0.4, -0.2) is 42.6 Å². The highest BCUT2D eigenvalue weighted by Crippen LogP contribution is 2.28. The molecule has 0 aliphatic heterocycles. The van der Waals surface area contributed by atoms with Crippen LogP contribution >= 0.6 is 0 Å². The lowest BCUT2D eigenvalue weighted by Gasteiger charge is -2.33. The number of nitrogens with zero attached hydrogens (tertiary/aromatic N) is 2. The number of ether oxygens (including phenoxy) is 1. The SMILES string of the molecule is CCN(C)C(=O)OC1=CCCC([C@H](C)N(C)[C@@H](C)c2ccccc2)=C1. The summed E-state index contributed by atoms with van der Waals surface area (Å²) in [5.74, 6) is 0.666. The largest absolute Gasteiger partial charge is 0.414 e. The Hall–Kier alpha value is -2.07. The second-order valence-corrected chi connectivity index (χ2v) is 6.67. The van der Waals surface area contributed by atoms with Crippen molar-refractivity contribution in [3.8, 4) is 0 Å². The standard InChI is InChI=1S/C21H30N2O2/c1-6-22(4)21(24)25-20-14-10-13-19(15-20)17(3)23(5)16(2)18-11-8-7-9-12-18/h7-9,11-12,14-17H,6,10,13H2,1-5H3/t16-,17-/m0/s1. The van der Waals surface area contributed by atoms with Crippen molar-refractivity contribution in [2.24, 2.45) is 0 Å². The molecule has 1 aromatic carbocycles. The predicted octanol–water partition coefficient (Wildman–Crippen LogP) is 4.76.